The number of hydroxylamine groups is 1. The Morgan fingerprint density at radius 3 is 2.89 bits per heavy atom. The van der Waals surface area contributed by atoms with Crippen LogP contribution in [0, 0.1) is 5.92 Å². The maximum atomic E-state index is 11.9. The fraction of sp³-hybridized carbons (Fsp3) is 0.700. The van der Waals surface area contributed by atoms with E-state index in [1.54, 1.807) is 11.0 Å². The highest BCUT2D eigenvalue weighted by atomic mass is 19.4. The van der Waals surface area contributed by atoms with Crippen LogP contribution >= 0.6 is 0 Å². The zero-order valence-electron chi connectivity index (χ0n) is 9.93. The van der Waals surface area contributed by atoms with Gasteiger partial charge in [-0.25, -0.2) is 9.78 Å². The van der Waals surface area contributed by atoms with E-state index in [1.165, 1.54) is 6.33 Å². The lowest BCUT2D eigenvalue weighted by molar-refractivity contribution is -0.208. The van der Waals surface area contributed by atoms with Crippen LogP contribution in [0.1, 0.15) is 19.3 Å². The highest BCUT2D eigenvalue weighted by Gasteiger charge is 2.42. The highest BCUT2D eigenvalue weighted by molar-refractivity contribution is 5.75. The summed E-state index contributed by atoms with van der Waals surface area (Å²) >= 11 is 0. The summed E-state index contributed by atoms with van der Waals surface area (Å²) in [4.78, 5) is 18.4. The number of nitrogens with one attached hydrogen (secondary N) is 1. The lowest BCUT2D eigenvalue weighted by Crippen LogP contribution is -2.36. The molecule has 0 saturated heterocycles. The summed E-state index contributed by atoms with van der Waals surface area (Å²) in [5, 5.41) is 3.96. The standard InChI is InChI=1S/C10H13F3N4O2/c11-10(12,13)9(18)19-16-8-2-1-7(3-8)4-17-6-14-5-15-17/h5-8,16H,1-4H2/t7-,8+/m1/s1. The summed E-state index contributed by atoms with van der Waals surface area (Å²) in [6.07, 6.45) is 0.169. The number of carbonyl (C=O) groups is 1. The second kappa shape index (κ2) is 5.55. The van der Waals surface area contributed by atoms with E-state index in [0.29, 0.717) is 19.4 Å². The summed E-state index contributed by atoms with van der Waals surface area (Å²) in [5.41, 5.74) is 2.18. The van der Waals surface area contributed by atoms with Crippen molar-refractivity contribution in [3.8, 4) is 0 Å². The lowest BCUT2D eigenvalue weighted by atomic mass is 10.1. The van der Waals surface area contributed by atoms with Crippen molar-refractivity contribution in [3.05, 3.63) is 12.7 Å². The molecule has 1 N–H and O–H groups in total. The lowest BCUT2D eigenvalue weighted by Gasteiger charge is -2.13. The van der Waals surface area contributed by atoms with E-state index in [0.717, 1.165) is 6.42 Å². The number of alkyl halides is 3. The van der Waals surface area contributed by atoms with Crippen molar-refractivity contribution >= 4 is 5.97 Å². The third-order valence-corrected chi connectivity index (χ3v) is 3.00. The second-order valence-corrected chi connectivity index (χ2v) is 4.50. The highest BCUT2D eigenvalue weighted by Crippen LogP contribution is 2.27. The van der Waals surface area contributed by atoms with Crippen LogP contribution in [0.2, 0.25) is 0 Å². The van der Waals surface area contributed by atoms with Crippen LogP contribution in [0.15, 0.2) is 12.7 Å². The van der Waals surface area contributed by atoms with Gasteiger partial charge in [-0.05, 0) is 25.2 Å². The van der Waals surface area contributed by atoms with E-state index >= 15 is 0 Å². The van der Waals surface area contributed by atoms with Gasteiger partial charge in [0.15, 0.2) is 0 Å². The Kier molecular flexibility index (Phi) is 4.03. The van der Waals surface area contributed by atoms with Crippen molar-refractivity contribution in [2.75, 3.05) is 0 Å². The van der Waals surface area contributed by atoms with Crippen molar-refractivity contribution in [3.63, 3.8) is 0 Å². The molecule has 1 saturated carbocycles. The predicted molar refractivity (Wildman–Crippen MR) is 56.4 cm³/mol. The molecule has 1 heterocycles. The van der Waals surface area contributed by atoms with Crippen LogP contribution in [0.4, 0.5) is 13.2 Å². The molecule has 6 nitrogen and oxygen atoms in total. The van der Waals surface area contributed by atoms with Gasteiger partial charge < -0.3 is 4.84 Å². The molecule has 2 atom stereocenters. The number of halogens is 3. The molecule has 1 aromatic heterocycles. The molecule has 1 aliphatic rings. The van der Waals surface area contributed by atoms with Gasteiger partial charge in [0.1, 0.15) is 12.7 Å². The third kappa shape index (κ3) is 3.91. The minimum atomic E-state index is -4.97. The molecular formula is C10H13F3N4O2. The van der Waals surface area contributed by atoms with Crippen molar-refractivity contribution in [1.82, 2.24) is 20.2 Å². The molecule has 1 aliphatic carbocycles. The molecule has 106 valence electrons. The van der Waals surface area contributed by atoms with E-state index in [1.807, 2.05) is 0 Å². The van der Waals surface area contributed by atoms with Gasteiger partial charge >= 0.3 is 12.1 Å². The minimum Gasteiger partial charge on any atom is -0.363 e. The molecule has 0 amide bonds. The smallest absolute Gasteiger partial charge is 0.363 e. The molecule has 1 aromatic rings. The van der Waals surface area contributed by atoms with Crippen molar-refractivity contribution in [2.45, 2.75) is 38.0 Å². The zero-order valence-corrected chi connectivity index (χ0v) is 9.93. The van der Waals surface area contributed by atoms with E-state index in [-0.39, 0.29) is 12.0 Å². The average Bonchev–Trinajstić information content (AvgIpc) is 2.97. The first-order valence-corrected chi connectivity index (χ1v) is 5.81. The number of aromatic nitrogens is 3. The summed E-state index contributed by atoms with van der Waals surface area (Å²) in [5.74, 6) is -1.93. The Bertz CT molecular complexity index is 421. The molecule has 2 rings (SSSR count). The van der Waals surface area contributed by atoms with Crippen LogP contribution in [0.25, 0.3) is 0 Å². The Morgan fingerprint density at radius 1 is 1.47 bits per heavy atom. The number of hydrogen-bond donors (Lipinski definition) is 1. The quantitative estimate of drug-likeness (QED) is 0.834. The Hall–Kier alpha value is -1.64. The molecule has 9 heteroatoms. The van der Waals surface area contributed by atoms with Crippen LogP contribution in [-0.4, -0.2) is 33.0 Å². The van der Waals surface area contributed by atoms with E-state index in [9.17, 15) is 18.0 Å². The van der Waals surface area contributed by atoms with Gasteiger partial charge in [0.2, 0.25) is 0 Å². The first-order valence-electron chi connectivity index (χ1n) is 5.81. The van der Waals surface area contributed by atoms with Gasteiger partial charge in [-0.3, -0.25) is 4.68 Å². The number of nitrogens with zero attached hydrogens (tertiary/aromatic N) is 3. The predicted octanol–water partition coefficient (Wildman–Crippen LogP) is 1.06. The molecule has 0 aliphatic heterocycles. The summed E-state index contributed by atoms with van der Waals surface area (Å²) in [7, 11) is 0. The summed E-state index contributed by atoms with van der Waals surface area (Å²) in [6, 6.07) is -0.250. The Labute approximate surface area is 106 Å². The SMILES string of the molecule is O=C(ON[C@H]1CC[C@@H](Cn2cncn2)C1)C(F)(F)F. The first-order chi connectivity index (χ1) is 8.95. The normalized spacial score (nSPS) is 23.5. The van der Waals surface area contributed by atoms with E-state index in [2.05, 4.69) is 20.4 Å². The van der Waals surface area contributed by atoms with E-state index < -0.39 is 12.1 Å². The molecule has 0 aromatic carbocycles. The monoisotopic (exact) mass is 278 g/mol. The van der Waals surface area contributed by atoms with Gasteiger partial charge in [-0.2, -0.15) is 18.3 Å². The van der Waals surface area contributed by atoms with Crippen LogP contribution in [0.5, 0.6) is 0 Å². The maximum absolute atomic E-state index is 11.9. The molecule has 0 radical (unpaired) electrons. The number of carbonyl (C=O) groups excluding carboxylic acids is 1. The van der Waals surface area contributed by atoms with Gasteiger partial charge in [0.25, 0.3) is 0 Å². The van der Waals surface area contributed by atoms with Crippen molar-refractivity contribution in [2.24, 2.45) is 5.92 Å². The van der Waals surface area contributed by atoms with Crippen LogP contribution in [-0.2, 0) is 16.2 Å². The van der Waals surface area contributed by atoms with Gasteiger partial charge in [-0.15, -0.1) is 5.48 Å². The number of rotatable bonds is 4. The molecule has 0 unspecified atom stereocenters. The molecule has 19 heavy (non-hydrogen) atoms. The largest absolute Gasteiger partial charge is 0.492 e. The molecule has 0 spiro atoms. The van der Waals surface area contributed by atoms with Gasteiger partial charge in [-0.1, -0.05) is 0 Å². The fourth-order valence-corrected chi connectivity index (χ4v) is 2.13. The Balaban J connectivity index is 1.72. The van der Waals surface area contributed by atoms with Crippen molar-refractivity contribution < 1.29 is 22.8 Å². The average molecular weight is 278 g/mol. The molecular weight excluding hydrogens is 265 g/mol. The molecule has 0 bridgehead atoms. The third-order valence-electron chi connectivity index (χ3n) is 3.00. The van der Waals surface area contributed by atoms with Crippen LogP contribution < -0.4 is 5.48 Å². The van der Waals surface area contributed by atoms with Crippen molar-refractivity contribution in [1.29, 1.82) is 0 Å². The maximum Gasteiger partial charge on any atom is 0.492 e. The van der Waals surface area contributed by atoms with Crippen LogP contribution in [0.3, 0.4) is 0 Å². The van der Waals surface area contributed by atoms with Gasteiger partial charge in [0, 0.05) is 12.6 Å². The zero-order chi connectivity index (χ0) is 13.9. The molecule has 1 fully saturated rings. The minimum absolute atomic E-state index is 0.250. The second-order valence-electron chi connectivity index (χ2n) is 4.50. The topological polar surface area (TPSA) is 69.0 Å². The summed E-state index contributed by atoms with van der Waals surface area (Å²) < 4.78 is 37.4. The fourth-order valence-electron chi connectivity index (χ4n) is 2.13. The Morgan fingerprint density at radius 2 is 2.26 bits per heavy atom. The van der Waals surface area contributed by atoms with E-state index in [4.69, 9.17) is 0 Å². The summed E-state index contributed by atoms with van der Waals surface area (Å²) in [6.45, 7) is 0.658. The number of hydrogen-bond acceptors (Lipinski definition) is 5. The first kappa shape index (κ1) is 13.8. The van der Waals surface area contributed by atoms with Gasteiger partial charge in [0.05, 0.1) is 0 Å².